The first kappa shape index (κ1) is 18.1. The van der Waals surface area contributed by atoms with Crippen LogP contribution < -0.4 is 0 Å². The molecule has 0 bridgehead atoms. The third-order valence-electron chi connectivity index (χ3n) is 3.93. The molecule has 6 heteroatoms. The predicted molar refractivity (Wildman–Crippen MR) is 93.5 cm³/mol. The normalized spacial score (nSPS) is 17.5. The van der Waals surface area contributed by atoms with E-state index in [1.54, 1.807) is 11.0 Å². The highest BCUT2D eigenvalue weighted by molar-refractivity contribution is 9.10. The van der Waals surface area contributed by atoms with Crippen LogP contribution in [-0.2, 0) is 10.2 Å². The van der Waals surface area contributed by atoms with Crippen molar-refractivity contribution in [3.05, 3.63) is 33.3 Å². The van der Waals surface area contributed by atoms with Crippen molar-refractivity contribution in [2.75, 3.05) is 13.1 Å². The Labute approximate surface area is 150 Å². The Kier molecular flexibility index (Phi) is 5.27. The minimum absolute atomic E-state index is 0.325. The Morgan fingerprint density at radius 3 is 2.52 bits per heavy atom. The van der Waals surface area contributed by atoms with Gasteiger partial charge >= 0.3 is 6.09 Å². The first-order chi connectivity index (χ1) is 10.7. The van der Waals surface area contributed by atoms with Gasteiger partial charge in [-0.15, -0.1) is 0 Å². The molecule has 0 atom stereocenters. The fourth-order valence-electron chi connectivity index (χ4n) is 2.70. The van der Waals surface area contributed by atoms with E-state index in [9.17, 15) is 10.1 Å². The summed E-state index contributed by atoms with van der Waals surface area (Å²) in [5.41, 5.74) is -0.268. The highest BCUT2D eigenvalue weighted by Crippen LogP contribution is 2.40. The molecular weight excluding hydrogens is 380 g/mol. The van der Waals surface area contributed by atoms with E-state index in [1.165, 1.54) is 0 Å². The number of likely N-dealkylation sites (tertiary alicyclic amines) is 1. The maximum atomic E-state index is 12.2. The molecule has 0 radical (unpaired) electrons. The fourth-order valence-corrected chi connectivity index (χ4v) is 3.50. The van der Waals surface area contributed by atoms with Crippen LogP contribution in [0.5, 0.6) is 0 Å². The Hall–Kier alpha value is -1.25. The van der Waals surface area contributed by atoms with Crippen molar-refractivity contribution in [2.24, 2.45) is 0 Å². The summed E-state index contributed by atoms with van der Waals surface area (Å²) < 4.78 is 6.27. The van der Waals surface area contributed by atoms with Crippen LogP contribution in [0.3, 0.4) is 0 Å². The highest BCUT2D eigenvalue weighted by Gasteiger charge is 2.40. The number of rotatable bonds is 1. The number of hydrogen-bond acceptors (Lipinski definition) is 3. The third-order valence-corrected chi connectivity index (χ3v) is 4.85. The number of carbonyl (C=O) groups excluding carboxylic acids is 1. The van der Waals surface area contributed by atoms with Crippen LogP contribution in [0.25, 0.3) is 0 Å². The second kappa shape index (κ2) is 6.70. The minimum atomic E-state index is -0.637. The summed E-state index contributed by atoms with van der Waals surface area (Å²) in [5.74, 6) is 0. The minimum Gasteiger partial charge on any atom is -0.444 e. The third kappa shape index (κ3) is 4.19. The fraction of sp³-hybridized carbons (Fsp3) is 0.529. The van der Waals surface area contributed by atoms with Gasteiger partial charge in [0.15, 0.2) is 0 Å². The van der Waals surface area contributed by atoms with Gasteiger partial charge in [-0.3, -0.25) is 0 Å². The predicted octanol–water partition coefficient (Wildman–Crippen LogP) is 4.89. The average Bonchev–Trinajstić information content (AvgIpc) is 2.48. The molecule has 0 unspecified atom stereocenters. The quantitative estimate of drug-likeness (QED) is 0.675. The number of ether oxygens (including phenoxy) is 1. The van der Waals surface area contributed by atoms with Crippen LogP contribution >= 0.6 is 27.5 Å². The highest BCUT2D eigenvalue weighted by atomic mass is 79.9. The van der Waals surface area contributed by atoms with Gasteiger partial charge in [0.25, 0.3) is 0 Å². The summed E-state index contributed by atoms with van der Waals surface area (Å²) in [7, 11) is 0. The van der Waals surface area contributed by atoms with Crippen LogP contribution in [0.15, 0.2) is 22.7 Å². The zero-order valence-electron chi connectivity index (χ0n) is 13.5. The van der Waals surface area contributed by atoms with Gasteiger partial charge < -0.3 is 9.64 Å². The molecule has 0 N–H and O–H groups in total. The molecule has 2 rings (SSSR count). The average molecular weight is 400 g/mol. The molecule has 0 aromatic heterocycles. The van der Waals surface area contributed by atoms with Gasteiger partial charge in [-0.2, -0.15) is 5.26 Å². The van der Waals surface area contributed by atoms with Crippen LogP contribution in [0.4, 0.5) is 4.79 Å². The van der Waals surface area contributed by atoms with Crippen molar-refractivity contribution in [3.63, 3.8) is 0 Å². The molecule has 1 aliphatic heterocycles. The van der Waals surface area contributed by atoms with Crippen molar-refractivity contribution < 1.29 is 9.53 Å². The van der Waals surface area contributed by atoms with E-state index in [4.69, 9.17) is 16.3 Å². The van der Waals surface area contributed by atoms with Crippen LogP contribution in [0.1, 0.15) is 39.2 Å². The molecule has 0 aliphatic carbocycles. The van der Waals surface area contributed by atoms with Gasteiger partial charge in [0.1, 0.15) is 5.60 Å². The van der Waals surface area contributed by atoms with Gasteiger partial charge in [-0.1, -0.05) is 27.5 Å². The number of nitriles is 1. The zero-order valence-corrected chi connectivity index (χ0v) is 15.9. The molecular formula is C17H20BrClN2O2. The van der Waals surface area contributed by atoms with Gasteiger partial charge in [-0.05, 0) is 57.4 Å². The smallest absolute Gasteiger partial charge is 0.410 e. The second-order valence-electron chi connectivity index (χ2n) is 6.79. The molecule has 23 heavy (non-hydrogen) atoms. The molecule has 4 nitrogen and oxygen atoms in total. The molecule has 0 spiro atoms. The molecule has 0 saturated carbocycles. The van der Waals surface area contributed by atoms with E-state index in [0.717, 1.165) is 10.0 Å². The number of piperidine rings is 1. The summed E-state index contributed by atoms with van der Waals surface area (Å²) in [6.45, 7) is 6.51. The lowest BCUT2D eigenvalue weighted by atomic mass is 9.74. The lowest BCUT2D eigenvalue weighted by Crippen LogP contribution is -2.46. The molecule has 1 amide bonds. The number of amides is 1. The van der Waals surface area contributed by atoms with Gasteiger partial charge in [0.05, 0.1) is 11.5 Å². The summed E-state index contributed by atoms with van der Waals surface area (Å²) >= 11 is 9.60. The van der Waals surface area contributed by atoms with Crippen molar-refractivity contribution in [1.29, 1.82) is 5.26 Å². The van der Waals surface area contributed by atoms with E-state index in [-0.39, 0.29) is 6.09 Å². The van der Waals surface area contributed by atoms with Gasteiger partial charge in [0.2, 0.25) is 0 Å². The number of halogens is 2. The molecule has 1 aromatic carbocycles. The summed E-state index contributed by atoms with van der Waals surface area (Å²) in [5, 5.41) is 10.4. The van der Waals surface area contributed by atoms with Gasteiger partial charge in [0, 0.05) is 22.6 Å². The second-order valence-corrected chi connectivity index (χ2v) is 8.08. The van der Waals surface area contributed by atoms with Crippen molar-refractivity contribution in [2.45, 2.75) is 44.6 Å². The standard InChI is InChI=1S/C17H20BrClN2O2/c1-16(2,3)23-15(22)21-8-6-17(11-20,7-9-21)13-10-12(19)4-5-14(13)18/h4-5,10H,6-9H2,1-3H3. The van der Waals surface area contributed by atoms with E-state index >= 15 is 0 Å². The lowest BCUT2D eigenvalue weighted by molar-refractivity contribution is 0.0185. The molecule has 1 saturated heterocycles. The summed E-state index contributed by atoms with van der Waals surface area (Å²) in [6, 6.07) is 7.92. The molecule has 1 heterocycles. The number of carbonyl (C=O) groups is 1. The Bertz CT molecular complexity index is 641. The van der Waals surface area contributed by atoms with Crippen molar-refractivity contribution >= 4 is 33.6 Å². The number of nitrogens with zero attached hydrogens (tertiary/aromatic N) is 2. The maximum Gasteiger partial charge on any atom is 0.410 e. The topological polar surface area (TPSA) is 53.3 Å². The first-order valence-electron chi connectivity index (χ1n) is 7.52. The zero-order chi connectivity index (χ0) is 17.3. The molecule has 1 fully saturated rings. The summed E-state index contributed by atoms with van der Waals surface area (Å²) in [4.78, 5) is 13.8. The maximum absolute atomic E-state index is 12.2. The first-order valence-corrected chi connectivity index (χ1v) is 8.69. The Balaban J connectivity index is 2.16. The number of benzene rings is 1. The van der Waals surface area contributed by atoms with Crippen LogP contribution in [-0.4, -0.2) is 29.7 Å². The van der Waals surface area contributed by atoms with Crippen LogP contribution in [0.2, 0.25) is 5.02 Å². The van der Waals surface area contributed by atoms with Crippen molar-refractivity contribution in [3.8, 4) is 6.07 Å². The van der Waals surface area contributed by atoms with Crippen LogP contribution in [0, 0.1) is 11.3 Å². The van der Waals surface area contributed by atoms with E-state index in [2.05, 4.69) is 22.0 Å². The van der Waals surface area contributed by atoms with Gasteiger partial charge in [-0.25, -0.2) is 4.79 Å². The van der Waals surface area contributed by atoms with E-state index in [0.29, 0.717) is 31.0 Å². The molecule has 1 aromatic rings. The van der Waals surface area contributed by atoms with E-state index in [1.807, 2.05) is 32.9 Å². The molecule has 1 aliphatic rings. The lowest BCUT2D eigenvalue weighted by Gasteiger charge is -2.38. The molecule has 124 valence electrons. The Morgan fingerprint density at radius 1 is 1.39 bits per heavy atom. The summed E-state index contributed by atoms with van der Waals surface area (Å²) in [6.07, 6.45) is 0.790. The SMILES string of the molecule is CC(C)(C)OC(=O)N1CCC(C#N)(c2cc(Cl)ccc2Br)CC1. The van der Waals surface area contributed by atoms with E-state index < -0.39 is 11.0 Å². The largest absolute Gasteiger partial charge is 0.444 e. The number of hydrogen-bond donors (Lipinski definition) is 0. The van der Waals surface area contributed by atoms with Crippen molar-refractivity contribution in [1.82, 2.24) is 4.90 Å². The monoisotopic (exact) mass is 398 g/mol. The Morgan fingerprint density at radius 2 is 2.00 bits per heavy atom.